The maximum absolute atomic E-state index is 12.2. The number of hydrogen-bond acceptors (Lipinski definition) is 4. The molecule has 2 heterocycles. The van der Waals surface area contributed by atoms with Crippen LogP contribution in [0.1, 0.15) is 5.56 Å². The van der Waals surface area contributed by atoms with Gasteiger partial charge in [0.1, 0.15) is 5.70 Å². The Kier molecular flexibility index (Phi) is 3.99. The number of β-amino-alcohol motifs (C(OH)–C–C–N with tert-alkyl or cyclic N) is 1. The molecular formula is C17H17N3O3. The van der Waals surface area contributed by atoms with Gasteiger partial charge >= 0.3 is 0 Å². The van der Waals surface area contributed by atoms with Gasteiger partial charge in [-0.15, -0.1) is 0 Å². The van der Waals surface area contributed by atoms with E-state index in [4.69, 9.17) is 5.11 Å². The van der Waals surface area contributed by atoms with Crippen molar-refractivity contribution in [3.05, 3.63) is 60.1 Å². The number of hydrogen-bond donors (Lipinski definition) is 2. The number of nitrogens with one attached hydrogen (secondary N) is 1. The molecule has 0 unspecified atom stereocenters. The van der Waals surface area contributed by atoms with Crippen molar-refractivity contribution in [1.29, 1.82) is 0 Å². The van der Waals surface area contributed by atoms with Crippen LogP contribution in [0, 0.1) is 6.92 Å². The fourth-order valence-corrected chi connectivity index (χ4v) is 2.53. The van der Waals surface area contributed by atoms with E-state index < -0.39 is 11.8 Å². The van der Waals surface area contributed by atoms with Crippen molar-refractivity contribution in [1.82, 2.24) is 9.47 Å². The van der Waals surface area contributed by atoms with Gasteiger partial charge in [0.05, 0.1) is 24.5 Å². The second-order valence-corrected chi connectivity index (χ2v) is 5.31. The van der Waals surface area contributed by atoms with Gasteiger partial charge in [-0.3, -0.25) is 14.5 Å². The summed E-state index contributed by atoms with van der Waals surface area (Å²) in [5.74, 6) is -0.842. The Hall–Kier alpha value is -2.86. The molecule has 0 saturated heterocycles. The lowest BCUT2D eigenvalue weighted by atomic mass is 10.2. The van der Waals surface area contributed by atoms with Crippen molar-refractivity contribution in [3.8, 4) is 5.69 Å². The minimum absolute atomic E-state index is 0.00236. The van der Waals surface area contributed by atoms with Crippen LogP contribution in [0.3, 0.4) is 0 Å². The van der Waals surface area contributed by atoms with E-state index in [2.05, 4.69) is 5.32 Å². The van der Waals surface area contributed by atoms with Crippen molar-refractivity contribution in [2.24, 2.45) is 0 Å². The highest BCUT2D eigenvalue weighted by molar-refractivity contribution is 6.17. The topological polar surface area (TPSA) is 74.6 Å². The standard InChI is InChI=1S/C17H17N3O3/c1-12-4-5-15(19-6-2-3-7-19)13(10-12)18-14-11-16(22)20(8-9-21)17(14)23/h2-7,10-11,18,21H,8-9H2,1H3. The van der Waals surface area contributed by atoms with Crippen LogP contribution < -0.4 is 5.32 Å². The molecule has 0 aliphatic carbocycles. The average molecular weight is 311 g/mol. The molecule has 0 bridgehead atoms. The summed E-state index contributed by atoms with van der Waals surface area (Å²) in [7, 11) is 0. The smallest absolute Gasteiger partial charge is 0.277 e. The highest BCUT2D eigenvalue weighted by Gasteiger charge is 2.30. The Morgan fingerprint density at radius 1 is 1.17 bits per heavy atom. The number of aromatic nitrogens is 1. The monoisotopic (exact) mass is 311 g/mol. The number of rotatable bonds is 5. The number of carbonyl (C=O) groups excluding carboxylic acids is 2. The predicted octanol–water partition coefficient (Wildman–Crippen LogP) is 1.44. The first kappa shape index (κ1) is 15.1. The third-order valence-corrected chi connectivity index (χ3v) is 3.64. The summed E-state index contributed by atoms with van der Waals surface area (Å²) in [6.07, 6.45) is 5.08. The summed E-state index contributed by atoms with van der Waals surface area (Å²) in [5, 5.41) is 12.0. The van der Waals surface area contributed by atoms with Gasteiger partial charge in [-0.25, -0.2) is 0 Å². The van der Waals surface area contributed by atoms with Gasteiger partial charge in [-0.05, 0) is 36.8 Å². The van der Waals surface area contributed by atoms with Crippen LogP contribution in [-0.2, 0) is 9.59 Å². The van der Waals surface area contributed by atoms with Crippen LogP contribution in [0.2, 0.25) is 0 Å². The highest BCUT2D eigenvalue weighted by Crippen LogP contribution is 2.25. The zero-order valence-corrected chi connectivity index (χ0v) is 12.7. The van der Waals surface area contributed by atoms with Gasteiger partial charge in [-0.1, -0.05) is 6.07 Å². The summed E-state index contributed by atoms with van der Waals surface area (Å²) in [4.78, 5) is 25.1. The van der Waals surface area contributed by atoms with Crippen LogP contribution in [0.25, 0.3) is 5.69 Å². The Labute approximate surface area is 133 Å². The fraction of sp³-hybridized carbons (Fsp3) is 0.176. The van der Waals surface area contributed by atoms with Gasteiger partial charge in [0.25, 0.3) is 11.8 Å². The van der Waals surface area contributed by atoms with Crippen LogP contribution >= 0.6 is 0 Å². The molecule has 0 fully saturated rings. The summed E-state index contributed by atoms with van der Waals surface area (Å²) in [5.41, 5.74) is 2.86. The lowest BCUT2D eigenvalue weighted by molar-refractivity contribution is -0.137. The fourth-order valence-electron chi connectivity index (χ4n) is 2.53. The van der Waals surface area contributed by atoms with Gasteiger partial charge in [0.2, 0.25) is 0 Å². The molecule has 0 radical (unpaired) electrons. The van der Waals surface area contributed by atoms with Crippen molar-refractivity contribution < 1.29 is 14.7 Å². The number of aliphatic hydroxyl groups excluding tert-OH is 1. The third-order valence-electron chi connectivity index (χ3n) is 3.64. The quantitative estimate of drug-likeness (QED) is 0.820. The first-order chi connectivity index (χ1) is 11.1. The Morgan fingerprint density at radius 3 is 2.61 bits per heavy atom. The number of aryl methyl sites for hydroxylation is 1. The number of nitrogens with zero attached hydrogens (tertiary/aromatic N) is 2. The first-order valence-corrected chi connectivity index (χ1v) is 7.29. The molecular weight excluding hydrogens is 294 g/mol. The Bertz CT molecular complexity index is 778. The number of carbonyl (C=O) groups is 2. The maximum Gasteiger partial charge on any atom is 0.277 e. The van der Waals surface area contributed by atoms with Gasteiger partial charge in [0, 0.05) is 18.5 Å². The van der Waals surface area contributed by atoms with E-state index in [0.29, 0.717) is 0 Å². The minimum Gasteiger partial charge on any atom is -0.395 e. The summed E-state index contributed by atoms with van der Waals surface area (Å²) < 4.78 is 1.93. The SMILES string of the molecule is Cc1ccc(-n2cccc2)c(NC2=CC(=O)N(CCO)C2=O)c1. The van der Waals surface area contributed by atoms with E-state index in [-0.39, 0.29) is 18.8 Å². The second-order valence-electron chi connectivity index (χ2n) is 5.31. The Morgan fingerprint density at radius 2 is 1.91 bits per heavy atom. The lowest BCUT2D eigenvalue weighted by Gasteiger charge is -2.16. The van der Waals surface area contributed by atoms with Crippen molar-refractivity contribution in [3.63, 3.8) is 0 Å². The molecule has 2 amide bonds. The minimum atomic E-state index is -0.427. The van der Waals surface area contributed by atoms with Crippen molar-refractivity contribution >= 4 is 17.5 Å². The van der Waals surface area contributed by atoms with E-state index in [1.165, 1.54) is 6.08 Å². The highest BCUT2D eigenvalue weighted by atomic mass is 16.3. The Balaban J connectivity index is 1.92. The van der Waals surface area contributed by atoms with Crippen molar-refractivity contribution in [2.75, 3.05) is 18.5 Å². The molecule has 1 aromatic heterocycles. The molecule has 1 aliphatic rings. The number of imide groups is 1. The molecule has 1 aromatic carbocycles. The molecule has 118 valence electrons. The van der Waals surface area contributed by atoms with Gasteiger partial charge in [0.15, 0.2) is 0 Å². The first-order valence-electron chi connectivity index (χ1n) is 7.29. The molecule has 3 rings (SSSR count). The zero-order chi connectivity index (χ0) is 16.4. The second kappa shape index (κ2) is 6.10. The number of amides is 2. The summed E-state index contributed by atoms with van der Waals surface area (Å²) >= 11 is 0. The molecule has 0 atom stereocenters. The predicted molar refractivity (Wildman–Crippen MR) is 86.0 cm³/mol. The number of benzene rings is 1. The van der Waals surface area contributed by atoms with Gasteiger partial charge in [-0.2, -0.15) is 0 Å². The number of aliphatic hydroxyl groups is 1. The van der Waals surface area contributed by atoms with E-state index in [1.807, 2.05) is 54.2 Å². The molecule has 6 nitrogen and oxygen atoms in total. The molecule has 0 spiro atoms. The number of anilines is 1. The normalized spacial score (nSPS) is 14.3. The summed E-state index contributed by atoms with van der Waals surface area (Å²) in [6.45, 7) is 1.70. The van der Waals surface area contributed by atoms with Crippen LogP contribution in [-0.4, -0.2) is 39.5 Å². The molecule has 2 aromatic rings. The lowest BCUT2D eigenvalue weighted by Crippen LogP contribution is -2.34. The van der Waals surface area contributed by atoms with Crippen LogP contribution in [0.5, 0.6) is 0 Å². The average Bonchev–Trinajstić information content (AvgIpc) is 3.13. The largest absolute Gasteiger partial charge is 0.395 e. The van der Waals surface area contributed by atoms with Crippen LogP contribution in [0.4, 0.5) is 5.69 Å². The van der Waals surface area contributed by atoms with E-state index in [1.54, 1.807) is 0 Å². The van der Waals surface area contributed by atoms with E-state index in [9.17, 15) is 9.59 Å². The molecule has 0 saturated carbocycles. The zero-order valence-electron chi connectivity index (χ0n) is 12.7. The molecule has 2 N–H and O–H groups in total. The van der Waals surface area contributed by atoms with Crippen LogP contribution in [0.15, 0.2) is 54.5 Å². The van der Waals surface area contributed by atoms with Gasteiger partial charge < -0.3 is 15.0 Å². The van der Waals surface area contributed by atoms with E-state index in [0.717, 1.165) is 21.8 Å². The van der Waals surface area contributed by atoms with Crippen molar-refractivity contribution in [2.45, 2.75) is 6.92 Å². The molecule has 6 heteroatoms. The van der Waals surface area contributed by atoms with E-state index >= 15 is 0 Å². The summed E-state index contributed by atoms with van der Waals surface area (Å²) in [6, 6.07) is 9.68. The molecule has 1 aliphatic heterocycles. The third kappa shape index (κ3) is 2.89. The maximum atomic E-state index is 12.2. The molecule has 23 heavy (non-hydrogen) atoms.